The lowest BCUT2D eigenvalue weighted by Gasteiger charge is -2.39. The fraction of sp³-hybridized carbons (Fsp3) is 0.909. The molecule has 0 aromatic rings. The summed E-state index contributed by atoms with van der Waals surface area (Å²) in [4.78, 5) is 13.5. The zero-order chi connectivity index (χ0) is 9.90. The van der Waals surface area contributed by atoms with Crippen LogP contribution in [-0.2, 0) is 4.79 Å². The molecule has 1 aliphatic rings. The molecular formula is C11H21NO. The molecule has 2 heteroatoms. The molecule has 1 saturated heterocycles. The van der Waals surface area contributed by atoms with Crippen LogP contribution in [0.2, 0.25) is 0 Å². The quantitative estimate of drug-likeness (QED) is 0.667. The minimum atomic E-state index is 0.332. The summed E-state index contributed by atoms with van der Waals surface area (Å²) in [6, 6.07) is 0. The van der Waals surface area contributed by atoms with Crippen molar-refractivity contribution in [2.75, 3.05) is 20.1 Å². The molecule has 0 N–H and O–H groups in total. The van der Waals surface area contributed by atoms with Gasteiger partial charge in [0.15, 0.2) is 0 Å². The van der Waals surface area contributed by atoms with Gasteiger partial charge in [-0.3, -0.25) is 0 Å². The smallest absolute Gasteiger partial charge is 0.130 e. The van der Waals surface area contributed by atoms with Crippen LogP contribution >= 0.6 is 0 Å². The first-order chi connectivity index (χ1) is 6.08. The second-order valence-electron chi connectivity index (χ2n) is 4.54. The van der Waals surface area contributed by atoms with E-state index in [1.165, 1.54) is 12.8 Å². The average Bonchev–Trinajstić information content (AvgIpc) is 2.09. The molecule has 1 aliphatic heterocycles. The standard InChI is InChI=1S/C11H21NO/c1-4-11(9-10(2)13)5-7-12(3)8-6-11/h4-9H2,1-3H3. The number of hydrogen-bond donors (Lipinski definition) is 0. The van der Waals surface area contributed by atoms with Crippen LogP contribution in [0.15, 0.2) is 0 Å². The van der Waals surface area contributed by atoms with E-state index in [1.54, 1.807) is 6.92 Å². The monoisotopic (exact) mass is 183 g/mol. The predicted molar refractivity (Wildman–Crippen MR) is 54.8 cm³/mol. The Bertz CT molecular complexity index is 181. The minimum absolute atomic E-state index is 0.332. The summed E-state index contributed by atoms with van der Waals surface area (Å²) in [5.74, 6) is 0.353. The van der Waals surface area contributed by atoms with Crippen molar-refractivity contribution in [2.24, 2.45) is 5.41 Å². The van der Waals surface area contributed by atoms with E-state index in [-0.39, 0.29) is 0 Å². The van der Waals surface area contributed by atoms with Crippen LogP contribution in [0.5, 0.6) is 0 Å². The highest BCUT2D eigenvalue weighted by Gasteiger charge is 2.32. The van der Waals surface area contributed by atoms with E-state index < -0.39 is 0 Å². The third-order valence-electron chi connectivity index (χ3n) is 3.42. The molecular weight excluding hydrogens is 162 g/mol. The van der Waals surface area contributed by atoms with E-state index in [0.29, 0.717) is 11.2 Å². The van der Waals surface area contributed by atoms with Gasteiger partial charge in [-0.1, -0.05) is 6.92 Å². The summed E-state index contributed by atoms with van der Waals surface area (Å²) in [7, 11) is 2.16. The molecule has 0 amide bonds. The minimum Gasteiger partial charge on any atom is -0.306 e. The summed E-state index contributed by atoms with van der Waals surface area (Å²) >= 11 is 0. The Morgan fingerprint density at radius 3 is 2.31 bits per heavy atom. The largest absolute Gasteiger partial charge is 0.306 e. The van der Waals surface area contributed by atoms with E-state index in [2.05, 4.69) is 18.9 Å². The third-order valence-corrected chi connectivity index (χ3v) is 3.42. The first-order valence-corrected chi connectivity index (χ1v) is 5.26. The van der Waals surface area contributed by atoms with Crippen LogP contribution in [0.4, 0.5) is 0 Å². The Balaban J connectivity index is 2.55. The topological polar surface area (TPSA) is 20.3 Å². The van der Waals surface area contributed by atoms with Crippen molar-refractivity contribution in [1.82, 2.24) is 4.90 Å². The number of nitrogens with zero attached hydrogens (tertiary/aromatic N) is 1. The molecule has 0 unspecified atom stereocenters. The van der Waals surface area contributed by atoms with E-state index in [1.807, 2.05) is 0 Å². The van der Waals surface area contributed by atoms with Gasteiger partial charge < -0.3 is 9.69 Å². The number of carbonyl (C=O) groups is 1. The van der Waals surface area contributed by atoms with E-state index >= 15 is 0 Å². The van der Waals surface area contributed by atoms with Crippen molar-refractivity contribution in [3.63, 3.8) is 0 Å². The lowest BCUT2D eigenvalue weighted by Crippen LogP contribution is -2.38. The lowest BCUT2D eigenvalue weighted by molar-refractivity contribution is -0.120. The second kappa shape index (κ2) is 4.23. The maximum Gasteiger partial charge on any atom is 0.130 e. The Morgan fingerprint density at radius 1 is 1.38 bits per heavy atom. The van der Waals surface area contributed by atoms with Gasteiger partial charge in [0, 0.05) is 6.42 Å². The zero-order valence-electron chi connectivity index (χ0n) is 9.10. The van der Waals surface area contributed by atoms with Gasteiger partial charge in [0.05, 0.1) is 0 Å². The van der Waals surface area contributed by atoms with Crippen molar-refractivity contribution in [3.8, 4) is 0 Å². The van der Waals surface area contributed by atoms with Gasteiger partial charge in [-0.15, -0.1) is 0 Å². The van der Waals surface area contributed by atoms with Crippen LogP contribution in [-0.4, -0.2) is 30.8 Å². The number of likely N-dealkylation sites (tertiary alicyclic amines) is 1. The van der Waals surface area contributed by atoms with Crippen LogP contribution in [0, 0.1) is 5.41 Å². The van der Waals surface area contributed by atoms with Crippen molar-refractivity contribution >= 4 is 5.78 Å². The molecule has 0 saturated carbocycles. The highest BCUT2D eigenvalue weighted by atomic mass is 16.1. The Labute approximate surface area is 81.3 Å². The van der Waals surface area contributed by atoms with Crippen LogP contribution < -0.4 is 0 Å². The Morgan fingerprint density at radius 2 is 1.92 bits per heavy atom. The molecule has 0 aliphatic carbocycles. The molecule has 0 bridgehead atoms. The molecule has 13 heavy (non-hydrogen) atoms. The second-order valence-corrected chi connectivity index (χ2v) is 4.54. The maximum atomic E-state index is 11.1. The number of ketones is 1. The van der Waals surface area contributed by atoms with Gasteiger partial charge in [0.25, 0.3) is 0 Å². The fourth-order valence-corrected chi connectivity index (χ4v) is 2.28. The molecule has 0 aromatic carbocycles. The first-order valence-electron chi connectivity index (χ1n) is 5.26. The average molecular weight is 183 g/mol. The van der Waals surface area contributed by atoms with Crippen molar-refractivity contribution in [2.45, 2.75) is 39.5 Å². The van der Waals surface area contributed by atoms with Gasteiger partial charge in [-0.25, -0.2) is 0 Å². The molecule has 1 heterocycles. The maximum absolute atomic E-state index is 11.1. The summed E-state index contributed by atoms with van der Waals surface area (Å²) in [5, 5.41) is 0. The SMILES string of the molecule is CCC1(CC(C)=O)CCN(C)CC1. The fourth-order valence-electron chi connectivity index (χ4n) is 2.28. The third kappa shape index (κ3) is 2.80. The predicted octanol–water partition coefficient (Wildman–Crippen LogP) is 2.09. The summed E-state index contributed by atoms with van der Waals surface area (Å²) < 4.78 is 0. The Hall–Kier alpha value is -0.370. The van der Waals surface area contributed by atoms with Gasteiger partial charge in [0.2, 0.25) is 0 Å². The van der Waals surface area contributed by atoms with Crippen LogP contribution in [0.1, 0.15) is 39.5 Å². The zero-order valence-corrected chi connectivity index (χ0v) is 9.10. The van der Waals surface area contributed by atoms with Crippen molar-refractivity contribution in [1.29, 1.82) is 0 Å². The molecule has 1 rings (SSSR count). The molecule has 0 radical (unpaired) electrons. The molecule has 76 valence electrons. The first kappa shape index (κ1) is 10.7. The number of hydrogen-bond acceptors (Lipinski definition) is 2. The molecule has 0 atom stereocenters. The number of rotatable bonds is 3. The van der Waals surface area contributed by atoms with E-state index in [4.69, 9.17) is 0 Å². The van der Waals surface area contributed by atoms with Gasteiger partial charge in [0.1, 0.15) is 5.78 Å². The van der Waals surface area contributed by atoms with E-state index in [9.17, 15) is 4.79 Å². The van der Waals surface area contributed by atoms with Gasteiger partial charge >= 0.3 is 0 Å². The molecule has 0 spiro atoms. The summed E-state index contributed by atoms with van der Waals surface area (Å²) in [6.45, 7) is 6.24. The van der Waals surface area contributed by atoms with Gasteiger partial charge in [-0.2, -0.15) is 0 Å². The summed E-state index contributed by atoms with van der Waals surface area (Å²) in [5.41, 5.74) is 0.332. The molecule has 0 aromatic heterocycles. The number of piperidine rings is 1. The number of Topliss-reactive ketones (excluding diaryl/α,β-unsaturated/α-hetero) is 1. The van der Waals surface area contributed by atoms with Crippen LogP contribution in [0.3, 0.4) is 0 Å². The van der Waals surface area contributed by atoms with Crippen molar-refractivity contribution in [3.05, 3.63) is 0 Å². The van der Waals surface area contributed by atoms with Crippen LogP contribution in [0.25, 0.3) is 0 Å². The molecule has 2 nitrogen and oxygen atoms in total. The van der Waals surface area contributed by atoms with Gasteiger partial charge in [-0.05, 0) is 51.7 Å². The lowest BCUT2D eigenvalue weighted by atomic mass is 9.73. The number of carbonyl (C=O) groups excluding carboxylic acids is 1. The normalized spacial score (nSPS) is 23.0. The Kier molecular flexibility index (Phi) is 3.48. The van der Waals surface area contributed by atoms with Crippen molar-refractivity contribution < 1.29 is 4.79 Å². The van der Waals surface area contributed by atoms with E-state index in [0.717, 1.165) is 25.9 Å². The molecule has 1 fully saturated rings. The highest BCUT2D eigenvalue weighted by Crippen LogP contribution is 2.37. The summed E-state index contributed by atoms with van der Waals surface area (Å²) in [6.07, 6.45) is 4.33. The highest BCUT2D eigenvalue weighted by molar-refractivity contribution is 5.76.